The fourth-order valence-electron chi connectivity index (χ4n) is 3.10. The Morgan fingerprint density at radius 3 is 1.81 bits per heavy atom. The van der Waals surface area contributed by atoms with E-state index in [0.717, 1.165) is 0 Å². The van der Waals surface area contributed by atoms with Crippen LogP contribution in [-0.2, 0) is 9.22 Å². The standard InChI is InChI=1S/C14H28F3NO2Si/c1-9(2)13(8-10(18)19,20-21(6)7)11(12(3,4)5)14(15,16)17/h9,11,21H,8H2,1-7H3,(H2,18,19). The van der Waals surface area contributed by atoms with Crippen molar-refractivity contribution in [2.75, 3.05) is 0 Å². The maximum atomic E-state index is 13.8. The topological polar surface area (TPSA) is 52.3 Å². The summed E-state index contributed by atoms with van der Waals surface area (Å²) < 4.78 is 47.1. The normalized spacial score (nSPS) is 17.9. The first-order valence-electron chi connectivity index (χ1n) is 7.17. The molecule has 0 saturated heterocycles. The highest BCUT2D eigenvalue weighted by atomic mass is 28.3. The van der Waals surface area contributed by atoms with Crippen LogP contribution in [-0.4, -0.2) is 26.7 Å². The molecule has 2 atom stereocenters. The summed E-state index contributed by atoms with van der Waals surface area (Å²) in [4.78, 5) is 11.4. The zero-order chi connectivity index (χ0) is 17.2. The number of rotatable bonds is 6. The van der Waals surface area contributed by atoms with Crippen LogP contribution in [0, 0.1) is 17.3 Å². The van der Waals surface area contributed by atoms with E-state index in [9.17, 15) is 18.0 Å². The lowest BCUT2D eigenvalue weighted by Crippen LogP contribution is -2.59. The summed E-state index contributed by atoms with van der Waals surface area (Å²) in [5.74, 6) is -3.01. The molecular weight excluding hydrogens is 299 g/mol. The molecule has 21 heavy (non-hydrogen) atoms. The van der Waals surface area contributed by atoms with Gasteiger partial charge >= 0.3 is 6.18 Å². The lowest BCUT2D eigenvalue weighted by molar-refractivity contribution is -0.259. The van der Waals surface area contributed by atoms with Crippen molar-refractivity contribution in [1.29, 1.82) is 0 Å². The summed E-state index contributed by atoms with van der Waals surface area (Å²) in [5, 5.41) is 0. The van der Waals surface area contributed by atoms with Crippen molar-refractivity contribution in [3.63, 3.8) is 0 Å². The Labute approximate surface area is 127 Å². The smallest absolute Gasteiger partial charge is 0.395 e. The minimum atomic E-state index is -4.47. The van der Waals surface area contributed by atoms with E-state index >= 15 is 0 Å². The van der Waals surface area contributed by atoms with Crippen LogP contribution in [0.5, 0.6) is 0 Å². The maximum Gasteiger partial charge on any atom is 0.395 e. The van der Waals surface area contributed by atoms with Gasteiger partial charge < -0.3 is 10.2 Å². The Hall–Kier alpha value is -0.563. The summed E-state index contributed by atoms with van der Waals surface area (Å²) in [7, 11) is -1.82. The van der Waals surface area contributed by atoms with Gasteiger partial charge in [-0.25, -0.2) is 0 Å². The number of amides is 1. The highest BCUT2D eigenvalue weighted by Gasteiger charge is 2.61. The molecule has 7 heteroatoms. The first kappa shape index (κ1) is 20.4. The zero-order valence-electron chi connectivity index (χ0n) is 14.0. The number of halogens is 3. The van der Waals surface area contributed by atoms with Crippen LogP contribution in [0.2, 0.25) is 13.1 Å². The van der Waals surface area contributed by atoms with Crippen molar-refractivity contribution >= 4 is 14.9 Å². The van der Waals surface area contributed by atoms with Crippen molar-refractivity contribution in [3.05, 3.63) is 0 Å². The van der Waals surface area contributed by atoms with E-state index in [1.54, 1.807) is 26.9 Å². The second kappa shape index (κ2) is 6.69. The van der Waals surface area contributed by atoms with Gasteiger partial charge in [0.05, 0.1) is 17.9 Å². The molecule has 0 aromatic heterocycles. The van der Waals surface area contributed by atoms with E-state index in [2.05, 4.69) is 0 Å². The number of carbonyl (C=O) groups excluding carboxylic acids is 1. The molecule has 2 unspecified atom stereocenters. The average molecular weight is 327 g/mol. The SMILES string of the molecule is CC(C)C(CC(N)=O)(O[SiH](C)C)C(C(C)(C)C)C(F)(F)F. The van der Waals surface area contributed by atoms with E-state index < -0.39 is 50.4 Å². The summed E-state index contributed by atoms with van der Waals surface area (Å²) in [6, 6.07) is 0. The molecule has 0 fully saturated rings. The Morgan fingerprint density at radius 1 is 1.19 bits per heavy atom. The second-order valence-electron chi connectivity index (χ2n) is 7.26. The van der Waals surface area contributed by atoms with Gasteiger partial charge in [0.2, 0.25) is 5.91 Å². The first-order valence-corrected chi connectivity index (χ1v) is 9.95. The number of nitrogens with two attached hydrogens (primary N) is 1. The second-order valence-corrected chi connectivity index (χ2v) is 9.59. The third-order valence-corrected chi connectivity index (χ3v) is 4.48. The quantitative estimate of drug-likeness (QED) is 0.759. The predicted molar refractivity (Wildman–Crippen MR) is 80.3 cm³/mol. The molecular formula is C14H28F3NO2Si. The van der Waals surface area contributed by atoms with Gasteiger partial charge in [0.25, 0.3) is 0 Å². The van der Waals surface area contributed by atoms with Crippen LogP contribution in [0.1, 0.15) is 41.0 Å². The minimum absolute atomic E-state index is 0.419. The van der Waals surface area contributed by atoms with Gasteiger partial charge in [0.1, 0.15) is 0 Å². The van der Waals surface area contributed by atoms with E-state index in [0.29, 0.717) is 0 Å². The molecule has 3 nitrogen and oxygen atoms in total. The van der Waals surface area contributed by atoms with E-state index in [4.69, 9.17) is 10.2 Å². The molecule has 0 aromatic carbocycles. The van der Waals surface area contributed by atoms with Crippen LogP contribution in [0.4, 0.5) is 13.2 Å². The molecule has 2 N–H and O–H groups in total. The summed E-state index contributed by atoms with van der Waals surface area (Å²) >= 11 is 0. The summed E-state index contributed by atoms with van der Waals surface area (Å²) in [6.45, 7) is 11.5. The van der Waals surface area contributed by atoms with Gasteiger partial charge in [-0.05, 0) is 24.4 Å². The lowest BCUT2D eigenvalue weighted by atomic mass is 9.64. The number of hydrogen-bond acceptors (Lipinski definition) is 2. The molecule has 0 saturated carbocycles. The summed E-state index contributed by atoms with van der Waals surface area (Å²) in [6.07, 6.45) is -4.89. The van der Waals surface area contributed by atoms with Gasteiger partial charge in [-0.2, -0.15) is 13.2 Å². The summed E-state index contributed by atoms with van der Waals surface area (Å²) in [5.41, 5.74) is 2.54. The molecule has 0 bridgehead atoms. The highest BCUT2D eigenvalue weighted by Crippen LogP contribution is 2.51. The third kappa shape index (κ3) is 5.29. The van der Waals surface area contributed by atoms with Gasteiger partial charge in [-0.15, -0.1) is 0 Å². The zero-order valence-corrected chi connectivity index (χ0v) is 15.1. The number of carbonyl (C=O) groups is 1. The molecule has 1 amide bonds. The monoisotopic (exact) mass is 327 g/mol. The number of primary amides is 1. The Balaban J connectivity index is 6.19. The third-order valence-electron chi connectivity index (χ3n) is 3.56. The molecule has 0 aliphatic heterocycles. The molecule has 0 rings (SSSR count). The van der Waals surface area contributed by atoms with Gasteiger partial charge in [-0.1, -0.05) is 34.6 Å². The van der Waals surface area contributed by atoms with Crippen LogP contribution >= 0.6 is 0 Å². The molecule has 0 heterocycles. The van der Waals surface area contributed by atoms with Crippen LogP contribution < -0.4 is 5.73 Å². The van der Waals surface area contributed by atoms with E-state index in [1.165, 1.54) is 20.8 Å². The van der Waals surface area contributed by atoms with E-state index in [1.807, 2.05) is 0 Å². The number of alkyl halides is 3. The Morgan fingerprint density at radius 2 is 1.62 bits per heavy atom. The molecule has 0 radical (unpaired) electrons. The van der Waals surface area contributed by atoms with Gasteiger partial charge in [0.15, 0.2) is 9.04 Å². The average Bonchev–Trinajstić information content (AvgIpc) is 2.08. The molecule has 0 aromatic rings. The van der Waals surface area contributed by atoms with Crippen molar-refractivity contribution < 1.29 is 22.4 Å². The van der Waals surface area contributed by atoms with Crippen LogP contribution in [0.15, 0.2) is 0 Å². The molecule has 0 aliphatic rings. The number of hydrogen-bond donors (Lipinski definition) is 1. The fraction of sp³-hybridized carbons (Fsp3) is 0.929. The minimum Gasteiger partial charge on any atom is -0.414 e. The van der Waals surface area contributed by atoms with Crippen LogP contribution in [0.25, 0.3) is 0 Å². The largest absolute Gasteiger partial charge is 0.414 e. The van der Waals surface area contributed by atoms with Crippen molar-refractivity contribution in [1.82, 2.24) is 0 Å². The lowest BCUT2D eigenvalue weighted by Gasteiger charge is -2.50. The van der Waals surface area contributed by atoms with Gasteiger partial charge in [0, 0.05) is 0 Å². The van der Waals surface area contributed by atoms with E-state index in [-0.39, 0.29) is 0 Å². The van der Waals surface area contributed by atoms with Crippen molar-refractivity contribution in [2.45, 2.75) is 65.9 Å². The predicted octanol–water partition coefficient (Wildman–Crippen LogP) is 3.48. The Bertz CT molecular complexity index is 350. The molecule has 126 valence electrons. The molecule has 0 aliphatic carbocycles. The van der Waals surface area contributed by atoms with Crippen molar-refractivity contribution in [3.8, 4) is 0 Å². The fourth-order valence-corrected chi connectivity index (χ4v) is 4.47. The van der Waals surface area contributed by atoms with Gasteiger partial charge in [-0.3, -0.25) is 4.79 Å². The molecule has 0 spiro atoms. The van der Waals surface area contributed by atoms with Crippen LogP contribution in [0.3, 0.4) is 0 Å². The first-order chi connectivity index (χ1) is 9.14. The Kier molecular flexibility index (Phi) is 6.51. The maximum absolute atomic E-state index is 13.8. The van der Waals surface area contributed by atoms with Crippen molar-refractivity contribution in [2.24, 2.45) is 23.0 Å². The highest BCUT2D eigenvalue weighted by molar-refractivity contribution is 6.48.